The minimum absolute atomic E-state index is 0.651. The number of benzene rings is 1. The maximum absolute atomic E-state index is 5.27. The van der Waals surface area contributed by atoms with Gasteiger partial charge in [-0.1, -0.05) is 30.3 Å². The molecule has 0 saturated carbocycles. The lowest BCUT2D eigenvalue weighted by atomic mass is 10.0. The molecule has 20 heavy (non-hydrogen) atoms. The highest BCUT2D eigenvalue weighted by Gasteiger charge is 2.18. The highest BCUT2D eigenvalue weighted by Crippen LogP contribution is 2.13. The van der Waals surface area contributed by atoms with Crippen molar-refractivity contribution < 1.29 is 0 Å². The third-order valence-corrected chi connectivity index (χ3v) is 3.94. The maximum Gasteiger partial charge on any atom is 0.0234 e. The normalized spacial score (nSPS) is 19.6. The molecule has 1 saturated heterocycles. The van der Waals surface area contributed by atoms with Gasteiger partial charge in [0.2, 0.25) is 0 Å². The molecule has 2 rings (SSSR count). The average Bonchev–Trinajstić information content (AvgIpc) is 2.48. The molecule has 0 aliphatic carbocycles. The summed E-state index contributed by atoms with van der Waals surface area (Å²) in [6, 6.07) is 11.4. The standard InChI is InChI=1S/C18H26N2/c1-2-3-4-8-13-19-18-12-9-14-20(16-18)15-17-10-6-5-7-11-17/h1,5-7,10-11,18-19H,3-4,8-9,12-16H2. The minimum Gasteiger partial charge on any atom is -0.313 e. The van der Waals surface area contributed by atoms with Crippen LogP contribution in [0.5, 0.6) is 0 Å². The summed E-state index contributed by atoms with van der Waals surface area (Å²) in [7, 11) is 0. The molecule has 0 amide bonds. The Balaban J connectivity index is 1.68. The van der Waals surface area contributed by atoms with Crippen LogP contribution in [-0.2, 0) is 6.54 Å². The first-order valence-electron chi connectivity index (χ1n) is 7.81. The summed E-state index contributed by atoms with van der Waals surface area (Å²) in [4.78, 5) is 2.57. The van der Waals surface area contributed by atoms with Crippen LogP contribution >= 0.6 is 0 Å². The van der Waals surface area contributed by atoms with Crippen LogP contribution in [-0.4, -0.2) is 30.6 Å². The van der Waals surface area contributed by atoms with Crippen LogP contribution in [0.15, 0.2) is 30.3 Å². The molecule has 2 heteroatoms. The van der Waals surface area contributed by atoms with Gasteiger partial charge in [0.25, 0.3) is 0 Å². The quantitative estimate of drug-likeness (QED) is 0.605. The molecular weight excluding hydrogens is 244 g/mol. The van der Waals surface area contributed by atoms with Gasteiger partial charge in [-0.2, -0.15) is 0 Å². The molecule has 0 radical (unpaired) electrons. The number of unbranched alkanes of at least 4 members (excludes halogenated alkanes) is 2. The highest BCUT2D eigenvalue weighted by atomic mass is 15.2. The molecular formula is C18H26N2. The second kappa shape index (κ2) is 8.79. The fraction of sp³-hybridized carbons (Fsp3) is 0.556. The molecule has 108 valence electrons. The summed E-state index contributed by atoms with van der Waals surface area (Å²) in [5.41, 5.74) is 1.42. The number of hydrogen-bond acceptors (Lipinski definition) is 2. The molecule has 1 N–H and O–H groups in total. The van der Waals surface area contributed by atoms with Crippen molar-refractivity contribution in [3.63, 3.8) is 0 Å². The van der Waals surface area contributed by atoms with E-state index in [-0.39, 0.29) is 0 Å². The lowest BCUT2D eigenvalue weighted by Crippen LogP contribution is -2.45. The molecule has 1 atom stereocenters. The lowest BCUT2D eigenvalue weighted by molar-refractivity contribution is 0.183. The van der Waals surface area contributed by atoms with Crippen molar-refractivity contribution in [1.82, 2.24) is 10.2 Å². The number of nitrogens with one attached hydrogen (secondary N) is 1. The van der Waals surface area contributed by atoms with Crippen molar-refractivity contribution >= 4 is 0 Å². The number of likely N-dealkylation sites (tertiary alicyclic amines) is 1. The Morgan fingerprint density at radius 2 is 2.10 bits per heavy atom. The number of hydrogen-bond donors (Lipinski definition) is 1. The Kier molecular flexibility index (Phi) is 6.63. The zero-order chi connectivity index (χ0) is 14.0. The molecule has 0 spiro atoms. The van der Waals surface area contributed by atoms with Crippen molar-refractivity contribution in [2.75, 3.05) is 19.6 Å². The monoisotopic (exact) mass is 270 g/mol. The van der Waals surface area contributed by atoms with E-state index < -0.39 is 0 Å². The maximum atomic E-state index is 5.27. The molecule has 1 aliphatic heterocycles. The van der Waals surface area contributed by atoms with Gasteiger partial charge in [-0.25, -0.2) is 0 Å². The summed E-state index contributed by atoms with van der Waals surface area (Å²) in [5.74, 6) is 2.70. The smallest absolute Gasteiger partial charge is 0.0234 e. The predicted molar refractivity (Wildman–Crippen MR) is 85.4 cm³/mol. The van der Waals surface area contributed by atoms with Gasteiger partial charge in [0, 0.05) is 25.6 Å². The van der Waals surface area contributed by atoms with Crippen molar-refractivity contribution in [3.05, 3.63) is 35.9 Å². The van der Waals surface area contributed by atoms with Crippen LogP contribution < -0.4 is 5.32 Å². The van der Waals surface area contributed by atoms with E-state index in [1.807, 2.05) is 0 Å². The molecule has 2 nitrogen and oxygen atoms in total. The van der Waals surface area contributed by atoms with Crippen LogP contribution in [0.3, 0.4) is 0 Å². The molecule has 1 unspecified atom stereocenters. The zero-order valence-corrected chi connectivity index (χ0v) is 12.4. The van der Waals surface area contributed by atoms with Gasteiger partial charge < -0.3 is 5.32 Å². The second-order valence-corrected chi connectivity index (χ2v) is 5.68. The van der Waals surface area contributed by atoms with Gasteiger partial charge in [0.1, 0.15) is 0 Å². The number of rotatable bonds is 7. The Bertz CT molecular complexity index is 407. The summed E-state index contributed by atoms with van der Waals surface area (Å²) >= 11 is 0. The number of terminal acetylenes is 1. The Labute approximate surface area is 123 Å². The summed E-state index contributed by atoms with van der Waals surface area (Å²) in [6.07, 6.45) is 11.1. The first-order valence-corrected chi connectivity index (χ1v) is 7.81. The third-order valence-electron chi connectivity index (χ3n) is 3.94. The molecule has 1 heterocycles. The van der Waals surface area contributed by atoms with Crippen LogP contribution in [0, 0.1) is 12.3 Å². The van der Waals surface area contributed by atoms with Gasteiger partial charge >= 0.3 is 0 Å². The van der Waals surface area contributed by atoms with E-state index in [0.29, 0.717) is 6.04 Å². The lowest BCUT2D eigenvalue weighted by Gasteiger charge is -2.33. The van der Waals surface area contributed by atoms with Crippen molar-refractivity contribution in [3.8, 4) is 12.3 Å². The minimum atomic E-state index is 0.651. The average molecular weight is 270 g/mol. The molecule has 1 fully saturated rings. The summed E-state index contributed by atoms with van der Waals surface area (Å²) in [5, 5.41) is 3.69. The molecule has 1 aliphatic rings. The van der Waals surface area contributed by atoms with E-state index in [2.05, 4.69) is 46.5 Å². The zero-order valence-electron chi connectivity index (χ0n) is 12.4. The van der Waals surface area contributed by atoms with E-state index in [1.54, 1.807) is 0 Å². The van der Waals surface area contributed by atoms with E-state index in [9.17, 15) is 0 Å². The van der Waals surface area contributed by atoms with Gasteiger partial charge in [-0.05, 0) is 44.3 Å². The van der Waals surface area contributed by atoms with Gasteiger partial charge in [-0.15, -0.1) is 12.3 Å². The molecule has 1 aromatic rings. The van der Waals surface area contributed by atoms with Gasteiger partial charge in [0.05, 0.1) is 0 Å². The summed E-state index contributed by atoms with van der Waals surface area (Å²) < 4.78 is 0. The van der Waals surface area contributed by atoms with E-state index in [4.69, 9.17) is 6.42 Å². The fourth-order valence-electron chi connectivity index (χ4n) is 2.87. The second-order valence-electron chi connectivity index (χ2n) is 5.68. The number of nitrogens with zero attached hydrogens (tertiary/aromatic N) is 1. The topological polar surface area (TPSA) is 15.3 Å². The first kappa shape index (κ1) is 15.1. The van der Waals surface area contributed by atoms with E-state index in [1.165, 1.54) is 37.9 Å². The number of piperidine rings is 1. The first-order chi connectivity index (χ1) is 9.88. The van der Waals surface area contributed by atoms with Crippen LogP contribution in [0.4, 0.5) is 0 Å². The predicted octanol–water partition coefficient (Wildman–Crippen LogP) is 3.04. The fourth-order valence-corrected chi connectivity index (χ4v) is 2.87. The summed E-state index contributed by atoms with van der Waals surface area (Å²) in [6.45, 7) is 4.58. The highest BCUT2D eigenvalue weighted by molar-refractivity contribution is 5.14. The van der Waals surface area contributed by atoms with Crippen molar-refractivity contribution in [1.29, 1.82) is 0 Å². The largest absolute Gasteiger partial charge is 0.313 e. The molecule has 1 aromatic carbocycles. The molecule has 0 aromatic heterocycles. The van der Waals surface area contributed by atoms with Crippen LogP contribution in [0.25, 0.3) is 0 Å². The van der Waals surface area contributed by atoms with Crippen molar-refractivity contribution in [2.24, 2.45) is 0 Å². The van der Waals surface area contributed by atoms with Crippen LogP contribution in [0.2, 0.25) is 0 Å². The van der Waals surface area contributed by atoms with E-state index >= 15 is 0 Å². The Morgan fingerprint density at radius 3 is 2.90 bits per heavy atom. The van der Waals surface area contributed by atoms with Gasteiger partial charge in [-0.3, -0.25) is 4.90 Å². The van der Waals surface area contributed by atoms with E-state index in [0.717, 1.165) is 25.9 Å². The SMILES string of the molecule is C#CCCCCNC1CCCN(Cc2ccccc2)C1. The van der Waals surface area contributed by atoms with Crippen LogP contribution in [0.1, 0.15) is 37.7 Å². The Hall–Kier alpha value is -1.30. The van der Waals surface area contributed by atoms with Gasteiger partial charge in [0.15, 0.2) is 0 Å². The van der Waals surface area contributed by atoms with Crippen molar-refractivity contribution in [2.45, 2.75) is 44.7 Å². The third kappa shape index (κ3) is 5.36. The Morgan fingerprint density at radius 1 is 1.25 bits per heavy atom. The molecule has 0 bridgehead atoms.